The predicted molar refractivity (Wildman–Crippen MR) is 104 cm³/mol. The molecule has 1 aromatic heterocycles. The molecule has 0 aliphatic carbocycles. The first-order valence-corrected chi connectivity index (χ1v) is 9.25. The van der Waals surface area contributed by atoms with Gasteiger partial charge in [0, 0.05) is 9.75 Å². The highest BCUT2D eigenvalue weighted by molar-refractivity contribution is 7.15. The summed E-state index contributed by atoms with van der Waals surface area (Å²) in [6.07, 6.45) is 0. The van der Waals surface area contributed by atoms with Crippen LogP contribution in [0.2, 0.25) is 0 Å². The number of nitrogens with one attached hydrogen (secondary N) is 2. The molecule has 0 radical (unpaired) electrons. The van der Waals surface area contributed by atoms with Crippen molar-refractivity contribution in [1.82, 2.24) is 10.6 Å². The fourth-order valence-electron chi connectivity index (χ4n) is 2.22. The van der Waals surface area contributed by atoms with E-state index in [4.69, 9.17) is 10.5 Å². The molecule has 1 heterocycles. The Kier molecular flexibility index (Phi) is 7.17. The number of ether oxygens (including phenoxy) is 1. The maximum absolute atomic E-state index is 11.9. The molecule has 0 aliphatic rings. The Hall–Kier alpha value is -2.38. The van der Waals surface area contributed by atoms with Gasteiger partial charge < -0.3 is 21.1 Å². The molecule has 0 fully saturated rings. The van der Waals surface area contributed by atoms with Gasteiger partial charge in [0.15, 0.2) is 0 Å². The van der Waals surface area contributed by atoms with E-state index in [0.29, 0.717) is 6.54 Å². The van der Waals surface area contributed by atoms with Crippen molar-refractivity contribution in [1.29, 1.82) is 0 Å². The second kappa shape index (κ2) is 9.35. The van der Waals surface area contributed by atoms with Gasteiger partial charge in [0.2, 0.25) is 11.8 Å². The molecule has 6 nitrogen and oxygen atoms in total. The van der Waals surface area contributed by atoms with Gasteiger partial charge in [-0.15, -0.1) is 11.3 Å². The molecule has 0 spiro atoms. The van der Waals surface area contributed by atoms with Crippen molar-refractivity contribution in [2.45, 2.75) is 26.4 Å². The molecule has 140 valence electrons. The third-order valence-corrected chi connectivity index (χ3v) is 5.07. The van der Waals surface area contributed by atoms with Crippen molar-refractivity contribution in [3.05, 3.63) is 41.3 Å². The number of carbonyl (C=O) groups is 2. The van der Waals surface area contributed by atoms with Gasteiger partial charge in [-0.3, -0.25) is 9.59 Å². The highest BCUT2D eigenvalue weighted by atomic mass is 32.1. The lowest BCUT2D eigenvalue weighted by atomic mass is 10.1. The van der Waals surface area contributed by atoms with E-state index in [1.807, 2.05) is 50.2 Å². The minimum Gasteiger partial charge on any atom is -0.497 e. The molecule has 0 unspecified atom stereocenters. The van der Waals surface area contributed by atoms with Crippen LogP contribution in [0, 0.1) is 5.92 Å². The van der Waals surface area contributed by atoms with Crippen LogP contribution in [0.4, 0.5) is 0 Å². The van der Waals surface area contributed by atoms with Crippen LogP contribution in [-0.2, 0) is 16.1 Å². The molecule has 0 aliphatic heterocycles. The average Bonchev–Trinajstić information content (AvgIpc) is 3.12. The number of amides is 2. The Morgan fingerprint density at radius 3 is 2.42 bits per heavy atom. The van der Waals surface area contributed by atoms with Crippen LogP contribution < -0.4 is 21.1 Å². The van der Waals surface area contributed by atoms with Crippen molar-refractivity contribution in [3.8, 4) is 16.2 Å². The average molecular weight is 375 g/mol. The van der Waals surface area contributed by atoms with Gasteiger partial charge >= 0.3 is 0 Å². The van der Waals surface area contributed by atoms with Gasteiger partial charge in [-0.25, -0.2) is 0 Å². The molecule has 1 aromatic carbocycles. The standard InChI is InChI=1S/C19H25N3O3S/c1-12(2)18(20)19(24)22-11-17(23)21-10-15-8-9-16(26-15)13-4-6-14(25-3)7-5-13/h4-9,12,18H,10-11,20H2,1-3H3,(H,21,23)(H,22,24)/t18-/m0/s1. The molecule has 0 saturated heterocycles. The summed E-state index contributed by atoms with van der Waals surface area (Å²) in [5.74, 6) is 0.291. The first-order chi connectivity index (χ1) is 12.4. The van der Waals surface area contributed by atoms with Crippen LogP contribution in [0.5, 0.6) is 5.75 Å². The number of hydrogen-bond acceptors (Lipinski definition) is 5. The molecule has 26 heavy (non-hydrogen) atoms. The highest BCUT2D eigenvalue weighted by Crippen LogP contribution is 2.29. The van der Waals surface area contributed by atoms with Crippen LogP contribution >= 0.6 is 11.3 Å². The van der Waals surface area contributed by atoms with E-state index in [9.17, 15) is 9.59 Å². The zero-order chi connectivity index (χ0) is 19.1. The van der Waals surface area contributed by atoms with Crippen LogP contribution in [0.15, 0.2) is 36.4 Å². The number of nitrogens with two attached hydrogens (primary N) is 1. The van der Waals surface area contributed by atoms with E-state index in [1.54, 1.807) is 18.4 Å². The first-order valence-electron chi connectivity index (χ1n) is 8.44. The molecule has 0 bridgehead atoms. The van der Waals surface area contributed by atoms with Gasteiger partial charge in [-0.2, -0.15) is 0 Å². The fraction of sp³-hybridized carbons (Fsp3) is 0.368. The molecular weight excluding hydrogens is 350 g/mol. The summed E-state index contributed by atoms with van der Waals surface area (Å²) < 4.78 is 5.16. The zero-order valence-corrected chi connectivity index (χ0v) is 16.1. The van der Waals surface area contributed by atoms with E-state index in [2.05, 4.69) is 10.6 Å². The monoisotopic (exact) mass is 375 g/mol. The smallest absolute Gasteiger partial charge is 0.239 e. The first kappa shape index (κ1) is 19.9. The topological polar surface area (TPSA) is 93.5 Å². The number of carbonyl (C=O) groups excluding carboxylic acids is 2. The molecule has 2 amide bonds. The Bertz CT molecular complexity index is 741. The number of hydrogen-bond donors (Lipinski definition) is 3. The third-order valence-electron chi connectivity index (χ3n) is 3.94. The summed E-state index contributed by atoms with van der Waals surface area (Å²) in [4.78, 5) is 25.8. The van der Waals surface area contributed by atoms with Gasteiger partial charge in [0.05, 0.1) is 26.2 Å². The molecule has 4 N–H and O–H groups in total. The maximum atomic E-state index is 11.9. The quantitative estimate of drug-likeness (QED) is 0.659. The van der Waals surface area contributed by atoms with Gasteiger partial charge in [-0.1, -0.05) is 13.8 Å². The zero-order valence-electron chi connectivity index (χ0n) is 15.2. The molecule has 0 saturated carbocycles. The molecule has 2 aromatic rings. The van der Waals surface area contributed by atoms with E-state index in [0.717, 1.165) is 21.1 Å². The van der Waals surface area contributed by atoms with Crippen molar-refractivity contribution in [3.63, 3.8) is 0 Å². The summed E-state index contributed by atoms with van der Waals surface area (Å²) in [5.41, 5.74) is 6.84. The van der Waals surface area contributed by atoms with E-state index in [-0.39, 0.29) is 24.3 Å². The van der Waals surface area contributed by atoms with Crippen molar-refractivity contribution < 1.29 is 14.3 Å². The number of benzene rings is 1. The lowest BCUT2D eigenvalue weighted by Gasteiger charge is -2.15. The van der Waals surface area contributed by atoms with Crippen molar-refractivity contribution in [2.24, 2.45) is 11.7 Å². The van der Waals surface area contributed by atoms with Crippen LogP contribution in [0.1, 0.15) is 18.7 Å². The van der Waals surface area contributed by atoms with E-state index >= 15 is 0 Å². The summed E-state index contributed by atoms with van der Waals surface area (Å²) in [6, 6.07) is 11.2. The number of thiophene rings is 1. The molecule has 1 atom stereocenters. The summed E-state index contributed by atoms with van der Waals surface area (Å²) in [7, 11) is 1.64. The lowest BCUT2D eigenvalue weighted by Crippen LogP contribution is -2.47. The minimum absolute atomic E-state index is 0.0283. The summed E-state index contributed by atoms with van der Waals surface area (Å²) in [6.45, 7) is 4.07. The fourth-order valence-corrected chi connectivity index (χ4v) is 3.17. The molecule has 2 rings (SSSR count). The Labute approximate surface area is 157 Å². The second-order valence-electron chi connectivity index (χ2n) is 6.26. The van der Waals surface area contributed by atoms with E-state index in [1.165, 1.54) is 0 Å². The highest BCUT2D eigenvalue weighted by Gasteiger charge is 2.17. The maximum Gasteiger partial charge on any atom is 0.239 e. The Morgan fingerprint density at radius 1 is 1.12 bits per heavy atom. The van der Waals surface area contributed by atoms with Crippen molar-refractivity contribution in [2.75, 3.05) is 13.7 Å². The number of rotatable bonds is 8. The molecule has 7 heteroatoms. The second-order valence-corrected chi connectivity index (χ2v) is 7.43. The minimum atomic E-state index is -0.604. The largest absolute Gasteiger partial charge is 0.497 e. The SMILES string of the molecule is COc1ccc(-c2ccc(CNC(=O)CNC(=O)[C@@H](N)C(C)C)s2)cc1. The predicted octanol–water partition coefficient (Wildman–Crippen LogP) is 2.14. The summed E-state index contributed by atoms with van der Waals surface area (Å²) in [5, 5.41) is 5.36. The van der Waals surface area contributed by atoms with Crippen molar-refractivity contribution >= 4 is 23.2 Å². The lowest BCUT2D eigenvalue weighted by molar-refractivity contribution is -0.127. The number of methoxy groups -OCH3 is 1. The van der Waals surface area contributed by atoms with Crippen LogP contribution in [0.3, 0.4) is 0 Å². The van der Waals surface area contributed by atoms with Crippen LogP contribution in [0.25, 0.3) is 10.4 Å². The Morgan fingerprint density at radius 2 is 1.81 bits per heavy atom. The third kappa shape index (κ3) is 5.57. The van der Waals surface area contributed by atoms with Crippen LogP contribution in [-0.4, -0.2) is 31.5 Å². The van der Waals surface area contributed by atoms with Gasteiger partial charge in [-0.05, 0) is 47.9 Å². The van der Waals surface area contributed by atoms with Gasteiger partial charge in [0.25, 0.3) is 0 Å². The van der Waals surface area contributed by atoms with Gasteiger partial charge in [0.1, 0.15) is 5.75 Å². The molecular formula is C19H25N3O3S. The van der Waals surface area contributed by atoms with E-state index < -0.39 is 6.04 Å². The summed E-state index contributed by atoms with van der Waals surface area (Å²) >= 11 is 1.61. The normalized spacial score (nSPS) is 11.9. The Balaban J connectivity index is 1.81.